The van der Waals surface area contributed by atoms with Crippen LogP contribution >= 0.6 is 0 Å². The molecule has 0 aliphatic heterocycles. The highest BCUT2D eigenvalue weighted by molar-refractivity contribution is 5.98. The monoisotopic (exact) mass is 598 g/mol. The molecule has 0 radical (unpaired) electrons. The highest BCUT2D eigenvalue weighted by Crippen LogP contribution is 2.37. The third-order valence-corrected chi connectivity index (χ3v) is 7.40. The zero-order valence-electron chi connectivity index (χ0n) is 23.4. The fraction of sp³-hybridized carbons (Fsp3) is 0.0286. The van der Waals surface area contributed by atoms with E-state index in [2.05, 4.69) is 0 Å². The number of nitrogens with zero attached hydrogens (tertiary/aromatic N) is 2. The molecule has 6 rings (SSSR count). The number of ether oxygens (including phenoxy) is 2. The molecule has 0 N–H and O–H groups in total. The normalized spacial score (nSPS) is 10.8. The zero-order valence-corrected chi connectivity index (χ0v) is 23.4. The Morgan fingerprint density at radius 2 is 0.889 bits per heavy atom. The summed E-state index contributed by atoms with van der Waals surface area (Å²) in [5, 5.41) is 26.4. The maximum absolute atomic E-state index is 13.3. The molecule has 0 spiro atoms. The van der Waals surface area contributed by atoms with Crippen molar-refractivity contribution in [3.63, 3.8) is 0 Å². The lowest BCUT2D eigenvalue weighted by Crippen LogP contribution is -2.14. The Kier molecular flexibility index (Phi) is 7.69. The highest BCUT2D eigenvalue weighted by atomic mass is 16.6. The Bertz CT molecular complexity index is 2010. The Morgan fingerprint density at radius 3 is 1.31 bits per heavy atom. The molecule has 10 nitrogen and oxygen atoms in total. The molecule has 0 unspecified atom stereocenters. The minimum absolute atomic E-state index is 0.113. The number of carbonyl (C=O) groups is 2. The second-order valence-corrected chi connectivity index (χ2v) is 10.0. The number of nitro benzene ring substituents is 2. The Hall–Kier alpha value is -6.42. The predicted molar refractivity (Wildman–Crippen MR) is 167 cm³/mol. The molecule has 0 aliphatic carbocycles. The van der Waals surface area contributed by atoms with Crippen molar-refractivity contribution >= 4 is 44.9 Å². The van der Waals surface area contributed by atoms with E-state index in [0.29, 0.717) is 11.1 Å². The summed E-state index contributed by atoms with van der Waals surface area (Å²) >= 11 is 0. The van der Waals surface area contributed by atoms with Gasteiger partial charge in [0.1, 0.15) is 22.6 Å². The van der Waals surface area contributed by atoms with Gasteiger partial charge in [0.05, 0.1) is 9.85 Å². The molecule has 0 aromatic heterocycles. The van der Waals surface area contributed by atoms with Crippen LogP contribution in [0, 0.1) is 20.2 Å². The number of para-hydroxylation sites is 2. The predicted octanol–water partition coefficient (Wildman–Crippen LogP) is 7.84. The van der Waals surface area contributed by atoms with Crippen LogP contribution in [-0.4, -0.2) is 21.8 Å². The van der Waals surface area contributed by atoms with E-state index in [-0.39, 0.29) is 40.4 Å². The van der Waals surface area contributed by atoms with Crippen LogP contribution in [0.2, 0.25) is 0 Å². The molecular formula is C35H22N2O8. The van der Waals surface area contributed by atoms with Crippen molar-refractivity contribution in [3.05, 3.63) is 164 Å². The minimum Gasteiger partial charge on any atom is -0.422 e. The van der Waals surface area contributed by atoms with Gasteiger partial charge in [-0.15, -0.1) is 0 Å². The number of rotatable bonds is 8. The van der Waals surface area contributed by atoms with E-state index in [0.717, 1.165) is 21.5 Å². The molecule has 0 amide bonds. The van der Waals surface area contributed by atoms with Gasteiger partial charge in [-0.3, -0.25) is 20.2 Å². The van der Waals surface area contributed by atoms with Crippen molar-refractivity contribution in [2.45, 2.75) is 6.42 Å². The molecule has 45 heavy (non-hydrogen) atoms. The fourth-order valence-corrected chi connectivity index (χ4v) is 5.29. The lowest BCUT2D eigenvalue weighted by atomic mass is 9.93. The van der Waals surface area contributed by atoms with Crippen LogP contribution in [0.25, 0.3) is 21.5 Å². The van der Waals surface area contributed by atoms with Crippen LogP contribution in [0.4, 0.5) is 11.4 Å². The molecule has 10 heteroatoms. The lowest BCUT2D eigenvalue weighted by molar-refractivity contribution is -0.385. The van der Waals surface area contributed by atoms with Gasteiger partial charge in [0.2, 0.25) is 0 Å². The van der Waals surface area contributed by atoms with E-state index in [1.807, 2.05) is 48.5 Å². The molecule has 6 aromatic rings. The maximum Gasteiger partial charge on any atom is 0.350 e. The number of fused-ring (bicyclic) bond motifs is 2. The van der Waals surface area contributed by atoms with Crippen molar-refractivity contribution < 1.29 is 28.9 Å². The standard InChI is InChI=1S/C35H22N2O8/c38-34(26-13-5-7-15-30(26)36(40)41)44-32-19-17-22-9-1-3-11-24(22)28(32)21-29-25-12-4-2-10-23(25)18-20-33(29)45-35(39)27-14-6-8-16-31(27)37(42)43/h1-20H,21H2. The fourth-order valence-electron chi connectivity index (χ4n) is 5.29. The summed E-state index contributed by atoms with van der Waals surface area (Å²) in [5.74, 6) is -1.47. The minimum atomic E-state index is -0.903. The first-order valence-electron chi connectivity index (χ1n) is 13.7. The van der Waals surface area contributed by atoms with Gasteiger partial charge in [-0.2, -0.15) is 0 Å². The summed E-state index contributed by atoms with van der Waals surface area (Å²) in [6.07, 6.45) is 0.113. The van der Waals surface area contributed by atoms with Gasteiger partial charge in [-0.25, -0.2) is 9.59 Å². The summed E-state index contributed by atoms with van der Waals surface area (Å²) in [5.41, 5.74) is -0.0402. The van der Waals surface area contributed by atoms with Crippen molar-refractivity contribution in [1.29, 1.82) is 0 Å². The van der Waals surface area contributed by atoms with Gasteiger partial charge in [0, 0.05) is 29.7 Å². The number of carbonyl (C=O) groups excluding carboxylic acids is 2. The van der Waals surface area contributed by atoms with Gasteiger partial charge in [0.25, 0.3) is 11.4 Å². The van der Waals surface area contributed by atoms with Crippen LogP contribution < -0.4 is 9.47 Å². The molecule has 220 valence electrons. The Balaban J connectivity index is 1.47. The van der Waals surface area contributed by atoms with Gasteiger partial charge in [-0.05, 0) is 45.8 Å². The van der Waals surface area contributed by atoms with Crippen molar-refractivity contribution in [2.24, 2.45) is 0 Å². The molecule has 6 aromatic carbocycles. The lowest BCUT2D eigenvalue weighted by Gasteiger charge is -2.17. The Morgan fingerprint density at radius 1 is 0.511 bits per heavy atom. The van der Waals surface area contributed by atoms with Crippen LogP contribution in [0.5, 0.6) is 11.5 Å². The van der Waals surface area contributed by atoms with Crippen LogP contribution in [0.1, 0.15) is 31.8 Å². The highest BCUT2D eigenvalue weighted by Gasteiger charge is 2.25. The SMILES string of the molecule is O=C(Oc1ccc2ccccc2c1Cc1c(OC(=O)c2ccccc2[N+](=O)[O-])ccc2ccccc12)c1ccccc1[N+](=O)[O-]. The molecule has 0 saturated heterocycles. The van der Waals surface area contributed by atoms with Crippen molar-refractivity contribution in [3.8, 4) is 11.5 Å². The van der Waals surface area contributed by atoms with Gasteiger partial charge in [-0.1, -0.05) is 84.9 Å². The number of esters is 2. The largest absolute Gasteiger partial charge is 0.422 e. The average molecular weight is 599 g/mol. The van der Waals surface area contributed by atoms with Gasteiger partial charge >= 0.3 is 11.9 Å². The first-order chi connectivity index (χ1) is 21.8. The molecule has 0 bridgehead atoms. The van der Waals surface area contributed by atoms with E-state index in [9.17, 15) is 29.8 Å². The number of hydrogen-bond donors (Lipinski definition) is 0. The summed E-state index contributed by atoms with van der Waals surface area (Å²) < 4.78 is 11.6. The van der Waals surface area contributed by atoms with E-state index in [1.165, 1.54) is 48.5 Å². The summed E-state index contributed by atoms with van der Waals surface area (Å²) in [4.78, 5) is 48.5. The smallest absolute Gasteiger partial charge is 0.350 e. The molecular weight excluding hydrogens is 576 g/mol. The first kappa shape index (κ1) is 28.7. The number of hydrogen-bond acceptors (Lipinski definition) is 8. The molecule has 0 fully saturated rings. The van der Waals surface area contributed by atoms with Gasteiger partial charge in [0.15, 0.2) is 0 Å². The van der Waals surface area contributed by atoms with E-state index < -0.39 is 21.8 Å². The summed E-state index contributed by atoms with van der Waals surface area (Å²) in [7, 11) is 0. The van der Waals surface area contributed by atoms with Crippen molar-refractivity contribution in [1.82, 2.24) is 0 Å². The maximum atomic E-state index is 13.3. The zero-order chi connectivity index (χ0) is 31.5. The topological polar surface area (TPSA) is 139 Å². The molecule has 0 aliphatic rings. The average Bonchev–Trinajstić information content (AvgIpc) is 3.06. The number of nitro groups is 2. The third-order valence-electron chi connectivity index (χ3n) is 7.40. The number of benzene rings is 6. The van der Waals surface area contributed by atoms with E-state index in [4.69, 9.17) is 9.47 Å². The second kappa shape index (κ2) is 12.1. The molecule has 0 heterocycles. The Labute approximate surface area is 255 Å². The second-order valence-electron chi connectivity index (χ2n) is 10.0. The summed E-state index contributed by atoms with van der Waals surface area (Å²) in [6.45, 7) is 0. The van der Waals surface area contributed by atoms with Crippen LogP contribution in [0.3, 0.4) is 0 Å². The molecule has 0 saturated carbocycles. The van der Waals surface area contributed by atoms with Crippen LogP contribution in [-0.2, 0) is 6.42 Å². The molecule has 0 atom stereocenters. The van der Waals surface area contributed by atoms with E-state index in [1.54, 1.807) is 24.3 Å². The van der Waals surface area contributed by atoms with Crippen molar-refractivity contribution in [2.75, 3.05) is 0 Å². The first-order valence-corrected chi connectivity index (χ1v) is 13.7. The third kappa shape index (κ3) is 5.67. The van der Waals surface area contributed by atoms with E-state index >= 15 is 0 Å². The summed E-state index contributed by atoms with van der Waals surface area (Å²) in [6, 6.07) is 32.7. The van der Waals surface area contributed by atoms with Crippen LogP contribution in [0.15, 0.2) is 121 Å². The van der Waals surface area contributed by atoms with Gasteiger partial charge < -0.3 is 9.47 Å². The quantitative estimate of drug-likeness (QED) is 0.0747.